The maximum absolute atomic E-state index is 12.4. The fourth-order valence-corrected chi connectivity index (χ4v) is 3.38. The van der Waals surface area contributed by atoms with Gasteiger partial charge in [0.05, 0.1) is 13.0 Å². The van der Waals surface area contributed by atoms with E-state index in [2.05, 4.69) is 32.8 Å². The molecule has 0 radical (unpaired) electrons. The number of benzene rings is 1. The number of anilines is 2. The Labute approximate surface area is 147 Å². The Morgan fingerprint density at radius 3 is 2.74 bits per heavy atom. The van der Waals surface area contributed by atoms with Crippen LogP contribution >= 0.6 is 27.7 Å². The third-order valence-corrected chi connectivity index (χ3v) is 5.15. The summed E-state index contributed by atoms with van der Waals surface area (Å²) < 4.78 is 1.01. The highest BCUT2D eigenvalue weighted by Gasteiger charge is 2.31. The van der Waals surface area contributed by atoms with Crippen molar-refractivity contribution in [2.24, 2.45) is 0 Å². The first-order chi connectivity index (χ1) is 11.1. The van der Waals surface area contributed by atoms with Gasteiger partial charge in [-0.25, -0.2) is 9.97 Å². The molecule has 0 spiro atoms. The van der Waals surface area contributed by atoms with Crippen molar-refractivity contribution in [2.45, 2.75) is 31.5 Å². The lowest BCUT2D eigenvalue weighted by Crippen LogP contribution is -2.26. The maximum Gasteiger partial charge on any atom is 0.233 e. The Hall–Kier alpha value is -1.60. The number of nitrogens with zero attached hydrogens (tertiary/aromatic N) is 3. The minimum absolute atomic E-state index is 0.0153. The molecule has 0 saturated heterocycles. The lowest BCUT2D eigenvalue weighted by Gasteiger charge is -2.17. The van der Waals surface area contributed by atoms with Crippen molar-refractivity contribution >= 4 is 45.2 Å². The van der Waals surface area contributed by atoms with Crippen LogP contribution in [0, 0.1) is 0 Å². The summed E-state index contributed by atoms with van der Waals surface area (Å²) in [6.45, 7) is 2.60. The molecule has 0 saturated carbocycles. The first kappa shape index (κ1) is 16.3. The van der Waals surface area contributed by atoms with Crippen LogP contribution in [0.3, 0.4) is 0 Å². The number of thioether (sulfide) groups is 1. The van der Waals surface area contributed by atoms with Gasteiger partial charge < -0.3 is 5.73 Å². The van der Waals surface area contributed by atoms with Crippen LogP contribution in [0.15, 0.2) is 33.9 Å². The van der Waals surface area contributed by atoms with Gasteiger partial charge in [0.1, 0.15) is 11.6 Å². The van der Waals surface area contributed by atoms with Gasteiger partial charge in [0.15, 0.2) is 5.16 Å². The van der Waals surface area contributed by atoms with Gasteiger partial charge in [-0.1, -0.05) is 46.7 Å². The van der Waals surface area contributed by atoms with E-state index in [0.717, 1.165) is 27.8 Å². The largest absolute Gasteiger partial charge is 0.383 e. The average molecular weight is 393 g/mol. The SMILES string of the molecule is CCCSc1nc(N)c2c(n1)N(Cc1ccc(Br)cc1)C(=O)C2. The van der Waals surface area contributed by atoms with Gasteiger partial charge in [-0.15, -0.1) is 0 Å². The number of rotatable bonds is 5. The van der Waals surface area contributed by atoms with Crippen LogP contribution in [0.4, 0.5) is 11.6 Å². The number of nitrogen functional groups attached to an aromatic ring is 1. The molecule has 1 aliphatic heterocycles. The zero-order chi connectivity index (χ0) is 16.4. The Morgan fingerprint density at radius 2 is 2.04 bits per heavy atom. The molecule has 120 valence electrons. The van der Waals surface area contributed by atoms with Crippen LogP contribution in [0.2, 0.25) is 0 Å². The molecule has 0 atom stereocenters. The number of halogens is 1. The first-order valence-electron chi connectivity index (χ1n) is 7.42. The summed E-state index contributed by atoms with van der Waals surface area (Å²) in [7, 11) is 0. The molecule has 1 amide bonds. The molecule has 23 heavy (non-hydrogen) atoms. The topological polar surface area (TPSA) is 72.1 Å². The minimum Gasteiger partial charge on any atom is -0.383 e. The first-order valence-corrected chi connectivity index (χ1v) is 9.20. The van der Waals surface area contributed by atoms with Crippen molar-refractivity contribution < 1.29 is 4.79 Å². The van der Waals surface area contributed by atoms with Crippen molar-refractivity contribution in [3.63, 3.8) is 0 Å². The molecule has 0 unspecified atom stereocenters. The van der Waals surface area contributed by atoms with Crippen molar-refractivity contribution in [2.75, 3.05) is 16.4 Å². The van der Waals surface area contributed by atoms with Crippen LogP contribution in [-0.2, 0) is 17.8 Å². The monoisotopic (exact) mass is 392 g/mol. The van der Waals surface area contributed by atoms with Gasteiger partial charge in [-0.2, -0.15) is 0 Å². The highest BCUT2D eigenvalue weighted by molar-refractivity contribution is 9.10. The van der Waals surface area contributed by atoms with Gasteiger partial charge in [-0.3, -0.25) is 9.69 Å². The normalized spacial score (nSPS) is 13.5. The second-order valence-electron chi connectivity index (χ2n) is 5.33. The molecule has 3 rings (SSSR count). The maximum atomic E-state index is 12.4. The lowest BCUT2D eigenvalue weighted by molar-refractivity contribution is -0.117. The number of nitrogens with two attached hydrogens (primary N) is 1. The lowest BCUT2D eigenvalue weighted by atomic mass is 10.2. The molecule has 0 bridgehead atoms. The average Bonchev–Trinajstić information content (AvgIpc) is 2.84. The summed E-state index contributed by atoms with van der Waals surface area (Å²) in [5.74, 6) is 2.02. The van der Waals surface area contributed by atoms with Gasteiger partial charge in [0.2, 0.25) is 5.91 Å². The number of hydrogen-bond acceptors (Lipinski definition) is 5. The van der Waals surface area contributed by atoms with Crippen LogP contribution in [0.1, 0.15) is 24.5 Å². The van der Waals surface area contributed by atoms with Crippen LogP contribution in [0.25, 0.3) is 0 Å². The summed E-state index contributed by atoms with van der Waals surface area (Å²) in [5, 5.41) is 0.638. The molecular formula is C16H17BrN4OS. The van der Waals surface area contributed by atoms with E-state index in [1.54, 1.807) is 16.7 Å². The second kappa shape index (κ2) is 6.88. The Morgan fingerprint density at radius 1 is 1.30 bits per heavy atom. The van der Waals surface area contributed by atoms with E-state index in [1.165, 1.54) is 0 Å². The fraction of sp³-hybridized carbons (Fsp3) is 0.312. The van der Waals surface area contributed by atoms with Crippen molar-refractivity contribution in [3.8, 4) is 0 Å². The van der Waals surface area contributed by atoms with Gasteiger partial charge in [-0.05, 0) is 24.1 Å². The van der Waals surface area contributed by atoms with Crippen LogP contribution in [0.5, 0.6) is 0 Å². The highest BCUT2D eigenvalue weighted by Crippen LogP contribution is 2.33. The van der Waals surface area contributed by atoms with E-state index in [-0.39, 0.29) is 12.3 Å². The molecule has 0 fully saturated rings. The molecular weight excluding hydrogens is 376 g/mol. The van der Waals surface area contributed by atoms with Crippen LogP contribution in [-0.4, -0.2) is 21.6 Å². The van der Waals surface area contributed by atoms with Crippen molar-refractivity contribution in [1.29, 1.82) is 0 Å². The molecule has 1 aromatic carbocycles. The number of hydrogen-bond donors (Lipinski definition) is 1. The standard InChI is InChI=1S/C16H17BrN4OS/c1-2-7-23-16-19-14(18)12-8-13(22)21(15(12)20-16)9-10-3-5-11(17)6-4-10/h3-6H,2,7-9H2,1H3,(H2,18,19,20). The molecule has 1 aliphatic rings. The van der Waals surface area contributed by atoms with Gasteiger partial charge in [0.25, 0.3) is 0 Å². The van der Waals surface area contributed by atoms with E-state index in [4.69, 9.17) is 5.73 Å². The number of carbonyl (C=O) groups excluding carboxylic acids is 1. The third kappa shape index (κ3) is 3.50. The molecule has 1 aromatic heterocycles. The number of fused-ring (bicyclic) bond motifs is 1. The Bertz CT molecular complexity index is 736. The zero-order valence-corrected chi connectivity index (χ0v) is 15.2. The van der Waals surface area contributed by atoms with Crippen molar-refractivity contribution in [1.82, 2.24) is 9.97 Å². The summed E-state index contributed by atoms with van der Waals surface area (Å²) in [6.07, 6.45) is 1.31. The quantitative estimate of drug-likeness (QED) is 0.623. The summed E-state index contributed by atoms with van der Waals surface area (Å²) >= 11 is 4.98. The fourth-order valence-electron chi connectivity index (χ4n) is 2.42. The second-order valence-corrected chi connectivity index (χ2v) is 7.30. The smallest absolute Gasteiger partial charge is 0.233 e. The van der Waals surface area contributed by atoms with Crippen molar-refractivity contribution in [3.05, 3.63) is 39.9 Å². The number of amides is 1. The van der Waals surface area contributed by atoms with Gasteiger partial charge in [0, 0.05) is 15.8 Å². The minimum atomic E-state index is 0.0153. The Kier molecular flexibility index (Phi) is 4.87. The van der Waals surface area contributed by atoms with E-state index < -0.39 is 0 Å². The van der Waals surface area contributed by atoms with E-state index >= 15 is 0 Å². The predicted octanol–water partition coefficient (Wildman–Crippen LogP) is 3.41. The summed E-state index contributed by atoms with van der Waals surface area (Å²) in [5.41, 5.74) is 7.83. The van der Waals surface area contributed by atoms with E-state index in [0.29, 0.717) is 23.3 Å². The van der Waals surface area contributed by atoms with E-state index in [1.807, 2.05) is 24.3 Å². The molecule has 7 heteroatoms. The molecule has 2 heterocycles. The third-order valence-electron chi connectivity index (χ3n) is 3.57. The molecule has 5 nitrogen and oxygen atoms in total. The zero-order valence-electron chi connectivity index (χ0n) is 12.8. The van der Waals surface area contributed by atoms with E-state index in [9.17, 15) is 4.79 Å². The highest BCUT2D eigenvalue weighted by atomic mass is 79.9. The number of aromatic nitrogens is 2. The summed E-state index contributed by atoms with van der Waals surface area (Å²) in [6, 6.07) is 7.92. The molecule has 0 aliphatic carbocycles. The van der Waals surface area contributed by atoms with Gasteiger partial charge >= 0.3 is 0 Å². The molecule has 2 aromatic rings. The summed E-state index contributed by atoms with van der Waals surface area (Å²) in [4.78, 5) is 22.9. The number of carbonyl (C=O) groups is 1. The van der Waals surface area contributed by atoms with Crippen LogP contribution < -0.4 is 10.6 Å². The molecule has 2 N–H and O–H groups in total. The Balaban J connectivity index is 1.90. The predicted molar refractivity (Wildman–Crippen MR) is 96.5 cm³/mol.